The van der Waals surface area contributed by atoms with Gasteiger partial charge in [0.25, 0.3) is 5.91 Å². The van der Waals surface area contributed by atoms with Gasteiger partial charge in [-0.05, 0) is 62.5 Å². The second kappa shape index (κ2) is 7.79. The minimum Gasteiger partial charge on any atom is -0.339 e. The fourth-order valence-electron chi connectivity index (χ4n) is 3.58. The third kappa shape index (κ3) is 3.78. The first-order chi connectivity index (χ1) is 11.7. The van der Waals surface area contributed by atoms with Crippen molar-refractivity contribution in [1.29, 1.82) is 0 Å². The number of carbonyl (C=O) groups is 2. The molecule has 0 aromatic heterocycles. The minimum absolute atomic E-state index is 0.108. The highest BCUT2D eigenvalue weighted by Crippen LogP contribution is 2.23. The van der Waals surface area contributed by atoms with Crippen molar-refractivity contribution in [2.75, 3.05) is 37.6 Å². The van der Waals surface area contributed by atoms with E-state index in [1.807, 2.05) is 29.2 Å². The lowest BCUT2D eigenvalue weighted by Crippen LogP contribution is -2.40. The monoisotopic (exact) mass is 329 g/mol. The molecule has 0 bridgehead atoms. The van der Waals surface area contributed by atoms with Gasteiger partial charge < -0.3 is 15.1 Å². The number of benzene rings is 1. The summed E-state index contributed by atoms with van der Waals surface area (Å²) in [4.78, 5) is 28.2. The Morgan fingerprint density at radius 1 is 1.17 bits per heavy atom. The van der Waals surface area contributed by atoms with Gasteiger partial charge in [-0.1, -0.05) is 6.92 Å². The van der Waals surface area contributed by atoms with Crippen molar-refractivity contribution in [3.8, 4) is 0 Å². The van der Waals surface area contributed by atoms with E-state index in [-0.39, 0.29) is 11.8 Å². The van der Waals surface area contributed by atoms with Gasteiger partial charge in [0.1, 0.15) is 0 Å². The summed E-state index contributed by atoms with van der Waals surface area (Å²) in [6.07, 6.45) is 3.68. The van der Waals surface area contributed by atoms with Gasteiger partial charge in [-0.15, -0.1) is 0 Å². The van der Waals surface area contributed by atoms with Crippen molar-refractivity contribution < 1.29 is 9.59 Å². The number of carbonyl (C=O) groups excluding carboxylic acids is 2. The molecular weight excluding hydrogens is 302 g/mol. The Hall–Kier alpha value is -1.88. The molecule has 2 heterocycles. The van der Waals surface area contributed by atoms with E-state index in [2.05, 4.69) is 12.2 Å². The van der Waals surface area contributed by atoms with Crippen LogP contribution < -0.4 is 10.2 Å². The lowest BCUT2D eigenvalue weighted by Gasteiger charge is -2.32. The molecule has 2 aliphatic rings. The number of hydrogen-bond donors (Lipinski definition) is 1. The number of piperidine rings is 1. The van der Waals surface area contributed by atoms with Crippen LogP contribution in [0.5, 0.6) is 0 Å². The summed E-state index contributed by atoms with van der Waals surface area (Å²) in [5.74, 6) is 0.964. The SMILES string of the molecule is CCNCC1CCN(C(=O)c2ccc(N3CCCC3=O)cc2)CC1. The van der Waals surface area contributed by atoms with Crippen molar-refractivity contribution in [2.45, 2.75) is 32.6 Å². The average molecular weight is 329 g/mol. The summed E-state index contributed by atoms with van der Waals surface area (Å²) in [5.41, 5.74) is 1.62. The standard InChI is InChI=1S/C19H27N3O2/c1-2-20-14-15-9-12-21(13-10-15)19(24)16-5-7-17(8-6-16)22-11-3-4-18(22)23/h5-8,15,20H,2-4,9-14H2,1H3. The third-order valence-corrected chi connectivity index (χ3v) is 5.08. The lowest BCUT2D eigenvalue weighted by molar-refractivity contribution is -0.117. The summed E-state index contributed by atoms with van der Waals surface area (Å²) >= 11 is 0. The van der Waals surface area contributed by atoms with Gasteiger partial charge in [-0.2, -0.15) is 0 Å². The fraction of sp³-hybridized carbons (Fsp3) is 0.579. The molecule has 0 radical (unpaired) electrons. The van der Waals surface area contributed by atoms with Crippen LogP contribution in [0.2, 0.25) is 0 Å². The molecule has 5 nitrogen and oxygen atoms in total. The largest absolute Gasteiger partial charge is 0.339 e. The molecular formula is C19H27N3O2. The normalized spacial score (nSPS) is 19.1. The van der Waals surface area contributed by atoms with Crippen molar-refractivity contribution in [3.05, 3.63) is 29.8 Å². The van der Waals surface area contributed by atoms with Crippen molar-refractivity contribution in [2.24, 2.45) is 5.92 Å². The molecule has 5 heteroatoms. The van der Waals surface area contributed by atoms with Gasteiger partial charge in [0.15, 0.2) is 0 Å². The molecule has 2 aliphatic heterocycles. The number of amides is 2. The molecule has 1 N–H and O–H groups in total. The van der Waals surface area contributed by atoms with E-state index in [0.29, 0.717) is 12.3 Å². The van der Waals surface area contributed by atoms with Gasteiger partial charge in [-0.3, -0.25) is 9.59 Å². The molecule has 0 saturated carbocycles. The molecule has 2 amide bonds. The van der Waals surface area contributed by atoms with E-state index in [9.17, 15) is 9.59 Å². The first-order valence-electron chi connectivity index (χ1n) is 9.09. The fourth-order valence-corrected chi connectivity index (χ4v) is 3.58. The van der Waals surface area contributed by atoms with Crippen LogP contribution in [-0.2, 0) is 4.79 Å². The molecule has 0 unspecified atom stereocenters. The molecule has 2 fully saturated rings. The van der Waals surface area contributed by atoms with Gasteiger partial charge >= 0.3 is 0 Å². The first-order valence-corrected chi connectivity index (χ1v) is 9.09. The van der Waals surface area contributed by atoms with Crippen molar-refractivity contribution >= 4 is 17.5 Å². The zero-order chi connectivity index (χ0) is 16.9. The number of rotatable bonds is 5. The number of likely N-dealkylation sites (tertiary alicyclic amines) is 1. The van der Waals surface area contributed by atoms with E-state index < -0.39 is 0 Å². The van der Waals surface area contributed by atoms with Gasteiger partial charge in [0, 0.05) is 37.3 Å². The van der Waals surface area contributed by atoms with Gasteiger partial charge in [0.05, 0.1) is 0 Å². The Morgan fingerprint density at radius 3 is 2.46 bits per heavy atom. The molecule has 0 spiro atoms. The third-order valence-electron chi connectivity index (χ3n) is 5.08. The Bertz CT molecular complexity index is 577. The predicted octanol–water partition coefficient (Wildman–Crippen LogP) is 2.28. The summed E-state index contributed by atoms with van der Waals surface area (Å²) in [7, 11) is 0. The Balaban J connectivity index is 1.57. The van der Waals surface area contributed by atoms with Gasteiger partial charge in [-0.25, -0.2) is 0 Å². The van der Waals surface area contributed by atoms with E-state index in [1.54, 1.807) is 4.90 Å². The smallest absolute Gasteiger partial charge is 0.253 e. The Labute approximate surface area is 144 Å². The van der Waals surface area contributed by atoms with E-state index in [1.165, 1.54) is 0 Å². The highest BCUT2D eigenvalue weighted by atomic mass is 16.2. The second-order valence-electron chi connectivity index (χ2n) is 6.74. The topological polar surface area (TPSA) is 52.7 Å². The number of nitrogens with zero attached hydrogens (tertiary/aromatic N) is 2. The van der Waals surface area contributed by atoms with Crippen LogP contribution in [0.15, 0.2) is 24.3 Å². The van der Waals surface area contributed by atoms with Crippen LogP contribution in [0, 0.1) is 5.92 Å². The van der Waals surface area contributed by atoms with E-state index in [4.69, 9.17) is 0 Å². The predicted molar refractivity (Wildman–Crippen MR) is 95.2 cm³/mol. The van der Waals surface area contributed by atoms with Crippen molar-refractivity contribution in [3.63, 3.8) is 0 Å². The van der Waals surface area contributed by atoms with Crippen LogP contribution in [-0.4, -0.2) is 49.4 Å². The van der Waals surface area contributed by atoms with Crippen LogP contribution in [0.4, 0.5) is 5.69 Å². The summed E-state index contributed by atoms with van der Waals surface area (Å²) in [6, 6.07) is 7.50. The summed E-state index contributed by atoms with van der Waals surface area (Å²) < 4.78 is 0. The maximum Gasteiger partial charge on any atom is 0.253 e. The molecule has 1 aromatic rings. The molecule has 24 heavy (non-hydrogen) atoms. The Morgan fingerprint density at radius 2 is 1.88 bits per heavy atom. The van der Waals surface area contributed by atoms with Crippen LogP contribution in [0.1, 0.15) is 43.0 Å². The number of nitrogens with one attached hydrogen (secondary N) is 1. The van der Waals surface area contributed by atoms with E-state index in [0.717, 1.165) is 63.2 Å². The lowest BCUT2D eigenvalue weighted by atomic mass is 9.96. The summed E-state index contributed by atoms with van der Waals surface area (Å²) in [5, 5.41) is 3.39. The van der Waals surface area contributed by atoms with Crippen LogP contribution >= 0.6 is 0 Å². The first kappa shape index (κ1) is 17.0. The van der Waals surface area contributed by atoms with Crippen LogP contribution in [0.25, 0.3) is 0 Å². The molecule has 1 aromatic carbocycles. The van der Waals surface area contributed by atoms with E-state index >= 15 is 0 Å². The average Bonchev–Trinajstić information content (AvgIpc) is 3.06. The number of anilines is 1. The molecule has 3 rings (SSSR count). The van der Waals surface area contributed by atoms with Crippen molar-refractivity contribution in [1.82, 2.24) is 10.2 Å². The zero-order valence-corrected chi connectivity index (χ0v) is 14.5. The molecule has 0 atom stereocenters. The maximum absolute atomic E-state index is 12.6. The second-order valence-corrected chi connectivity index (χ2v) is 6.74. The summed E-state index contributed by atoms with van der Waals surface area (Å²) in [6.45, 7) is 6.63. The number of hydrogen-bond acceptors (Lipinski definition) is 3. The molecule has 0 aliphatic carbocycles. The maximum atomic E-state index is 12.6. The zero-order valence-electron chi connectivity index (χ0n) is 14.5. The highest BCUT2D eigenvalue weighted by molar-refractivity contribution is 5.97. The molecule has 130 valence electrons. The minimum atomic E-state index is 0.108. The quantitative estimate of drug-likeness (QED) is 0.902. The molecule has 2 saturated heterocycles. The highest BCUT2D eigenvalue weighted by Gasteiger charge is 2.24. The Kier molecular flexibility index (Phi) is 5.51. The van der Waals surface area contributed by atoms with Crippen LogP contribution in [0.3, 0.4) is 0 Å². The van der Waals surface area contributed by atoms with Gasteiger partial charge in [0.2, 0.25) is 5.91 Å².